The molecule has 1 aromatic heterocycles. The van der Waals surface area contributed by atoms with Crippen LogP contribution in [0.15, 0.2) is 67.1 Å². The number of Topliss-reactive ketones (excluding diaryl/α,β-unsaturated/α-hetero) is 1. The number of imidazole rings is 1. The molecule has 3 nitrogen and oxygen atoms in total. The van der Waals surface area contributed by atoms with Gasteiger partial charge in [0, 0.05) is 30.7 Å². The van der Waals surface area contributed by atoms with E-state index in [9.17, 15) is 4.79 Å². The molecule has 3 rings (SSSR count). The number of benzene rings is 2. The zero-order valence-electron chi connectivity index (χ0n) is 14.8. The van der Waals surface area contributed by atoms with Crippen LogP contribution in [0.1, 0.15) is 54.5 Å². The second-order valence-electron chi connectivity index (χ2n) is 6.79. The van der Waals surface area contributed by atoms with E-state index in [0.717, 1.165) is 16.8 Å². The van der Waals surface area contributed by atoms with Gasteiger partial charge >= 0.3 is 0 Å². The van der Waals surface area contributed by atoms with Gasteiger partial charge in [-0.2, -0.15) is 0 Å². The van der Waals surface area contributed by atoms with Crippen molar-refractivity contribution in [2.75, 3.05) is 0 Å². The summed E-state index contributed by atoms with van der Waals surface area (Å²) in [5.74, 6) is 0.763. The lowest BCUT2D eigenvalue weighted by atomic mass is 9.89. The number of ketones is 1. The van der Waals surface area contributed by atoms with Crippen LogP contribution in [0.3, 0.4) is 0 Å². The average Bonchev–Trinajstić information content (AvgIpc) is 3.15. The number of hydrogen-bond donors (Lipinski definition) is 1. The lowest BCUT2D eigenvalue weighted by Gasteiger charge is -2.15. The number of aromatic nitrogens is 2. The summed E-state index contributed by atoms with van der Waals surface area (Å²) in [7, 11) is 0. The first-order chi connectivity index (χ1) is 12.1. The molecule has 0 saturated heterocycles. The summed E-state index contributed by atoms with van der Waals surface area (Å²) in [5, 5.41) is 0. The molecular weight excluding hydrogens is 308 g/mol. The zero-order valence-corrected chi connectivity index (χ0v) is 14.8. The van der Waals surface area contributed by atoms with E-state index in [-0.39, 0.29) is 11.7 Å². The fourth-order valence-corrected chi connectivity index (χ4v) is 3.10. The lowest BCUT2D eigenvalue weighted by Crippen LogP contribution is -2.11. The molecule has 0 amide bonds. The largest absolute Gasteiger partial charge is 0.348 e. The Balaban J connectivity index is 1.72. The minimum atomic E-state index is 0.0196. The SMILES string of the molecule is CC(C)c1ccc(CC(=O)CC(c2ccccc2)c2cnc[nH]2)cc1. The van der Waals surface area contributed by atoms with Gasteiger partial charge in [0.15, 0.2) is 0 Å². The van der Waals surface area contributed by atoms with Crippen molar-refractivity contribution in [3.63, 3.8) is 0 Å². The van der Waals surface area contributed by atoms with Crippen LogP contribution >= 0.6 is 0 Å². The number of carbonyl (C=O) groups is 1. The monoisotopic (exact) mass is 332 g/mol. The average molecular weight is 332 g/mol. The summed E-state index contributed by atoms with van der Waals surface area (Å²) in [5.41, 5.74) is 4.49. The zero-order chi connectivity index (χ0) is 17.6. The summed E-state index contributed by atoms with van der Waals surface area (Å²) in [4.78, 5) is 20.0. The number of aromatic amines is 1. The molecule has 1 heterocycles. The highest BCUT2D eigenvalue weighted by Crippen LogP contribution is 2.27. The number of nitrogens with one attached hydrogen (secondary N) is 1. The molecule has 25 heavy (non-hydrogen) atoms. The van der Waals surface area contributed by atoms with Gasteiger partial charge in [0.1, 0.15) is 5.78 Å². The number of hydrogen-bond acceptors (Lipinski definition) is 2. The van der Waals surface area contributed by atoms with Crippen molar-refractivity contribution in [3.05, 3.63) is 89.5 Å². The molecule has 3 aromatic rings. The van der Waals surface area contributed by atoms with Crippen LogP contribution in [0.25, 0.3) is 0 Å². The fraction of sp³-hybridized carbons (Fsp3) is 0.273. The topological polar surface area (TPSA) is 45.8 Å². The highest BCUT2D eigenvalue weighted by Gasteiger charge is 2.19. The molecule has 0 saturated carbocycles. The normalized spacial score (nSPS) is 12.3. The van der Waals surface area contributed by atoms with Crippen molar-refractivity contribution >= 4 is 5.78 Å². The second kappa shape index (κ2) is 7.93. The van der Waals surface area contributed by atoms with Crippen LogP contribution in [0.4, 0.5) is 0 Å². The van der Waals surface area contributed by atoms with Gasteiger partial charge in [-0.05, 0) is 22.6 Å². The molecule has 1 atom stereocenters. The summed E-state index contributed by atoms with van der Waals surface area (Å²) in [6.07, 6.45) is 4.41. The van der Waals surface area contributed by atoms with E-state index in [0.29, 0.717) is 18.8 Å². The third kappa shape index (κ3) is 4.44. The van der Waals surface area contributed by atoms with Crippen LogP contribution in [0.2, 0.25) is 0 Å². The van der Waals surface area contributed by atoms with Gasteiger partial charge in [-0.15, -0.1) is 0 Å². The van der Waals surface area contributed by atoms with E-state index in [1.165, 1.54) is 5.56 Å². The molecule has 0 aliphatic carbocycles. The minimum Gasteiger partial charge on any atom is -0.348 e. The third-order valence-corrected chi connectivity index (χ3v) is 4.58. The molecule has 0 spiro atoms. The van der Waals surface area contributed by atoms with Crippen LogP contribution in [-0.2, 0) is 11.2 Å². The van der Waals surface area contributed by atoms with Crippen molar-refractivity contribution in [2.45, 2.75) is 38.5 Å². The maximum Gasteiger partial charge on any atom is 0.138 e. The first-order valence-electron chi connectivity index (χ1n) is 8.77. The Morgan fingerprint density at radius 2 is 1.72 bits per heavy atom. The molecule has 0 aliphatic rings. The Morgan fingerprint density at radius 1 is 1.00 bits per heavy atom. The van der Waals surface area contributed by atoms with Crippen LogP contribution < -0.4 is 0 Å². The summed E-state index contributed by atoms with van der Waals surface area (Å²) < 4.78 is 0. The van der Waals surface area contributed by atoms with Crippen molar-refractivity contribution in [3.8, 4) is 0 Å². The number of rotatable bonds is 7. The Labute approximate surface area is 149 Å². The molecule has 2 aromatic carbocycles. The highest BCUT2D eigenvalue weighted by atomic mass is 16.1. The van der Waals surface area contributed by atoms with E-state index < -0.39 is 0 Å². The van der Waals surface area contributed by atoms with E-state index in [2.05, 4.69) is 60.2 Å². The summed E-state index contributed by atoms with van der Waals surface area (Å²) in [6, 6.07) is 18.5. The number of H-pyrrole nitrogens is 1. The predicted molar refractivity (Wildman–Crippen MR) is 101 cm³/mol. The number of nitrogens with zero attached hydrogens (tertiary/aromatic N) is 1. The van der Waals surface area contributed by atoms with Gasteiger partial charge in [0.05, 0.1) is 6.33 Å². The van der Waals surface area contributed by atoms with E-state index in [1.807, 2.05) is 24.4 Å². The third-order valence-electron chi connectivity index (χ3n) is 4.58. The molecule has 1 N–H and O–H groups in total. The Hall–Kier alpha value is -2.68. The molecular formula is C22H24N2O. The van der Waals surface area contributed by atoms with Gasteiger partial charge in [0.25, 0.3) is 0 Å². The van der Waals surface area contributed by atoms with Crippen LogP contribution in [0, 0.1) is 0 Å². The van der Waals surface area contributed by atoms with E-state index in [1.54, 1.807) is 6.33 Å². The highest BCUT2D eigenvalue weighted by molar-refractivity contribution is 5.82. The van der Waals surface area contributed by atoms with Gasteiger partial charge in [-0.3, -0.25) is 4.79 Å². The molecule has 0 aliphatic heterocycles. The summed E-state index contributed by atoms with van der Waals surface area (Å²) >= 11 is 0. The maximum absolute atomic E-state index is 12.7. The first-order valence-corrected chi connectivity index (χ1v) is 8.77. The molecule has 1 unspecified atom stereocenters. The van der Waals surface area contributed by atoms with Gasteiger partial charge < -0.3 is 4.98 Å². The van der Waals surface area contributed by atoms with Gasteiger partial charge in [-0.1, -0.05) is 68.4 Å². The van der Waals surface area contributed by atoms with Crippen molar-refractivity contribution < 1.29 is 4.79 Å². The lowest BCUT2D eigenvalue weighted by molar-refractivity contribution is -0.118. The Morgan fingerprint density at radius 3 is 2.32 bits per heavy atom. The minimum absolute atomic E-state index is 0.0196. The Kier molecular flexibility index (Phi) is 5.44. The van der Waals surface area contributed by atoms with Crippen molar-refractivity contribution in [2.24, 2.45) is 0 Å². The standard InChI is InChI=1S/C22H24N2O/c1-16(2)18-10-8-17(9-11-18)12-20(25)13-21(22-14-23-15-24-22)19-6-4-3-5-7-19/h3-11,14-16,21H,12-13H2,1-2H3,(H,23,24). The second-order valence-corrected chi connectivity index (χ2v) is 6.79. The molecule has 0 bridgehead atoms. The molecule has 0 radical (unpaired) electrons. The molecule has 128 valence electrons. The fourth-order valence-electron chi connectivity index (χ4n) is 3.10. The maximum atomic E-state index is 12.7. The van der Waals surface area contributed by atoms with Gasteiger partial charge in [0.2, 0.25) is 0 Å². The quantitative estimate of drug-likeness (QED) is 0.671. The van der Waals surface area contributed by atoms with Gasteiger partial charge in [-0.25, -0.2) is 4.98 Å². The smallest absolute Gasteiger partial charge is 0.138 e. The van der Waals surface area contributed by atoms with Crippen LogP contribution in [-0.4, -0.2) is 15.8 Å². The van der Waals surface area contributed by atoms with Crippen molar-refractivity contribution in [1.29, 1.82) is 0 Å². The Bertz CT molecular complexity index is 790. The first kappa shape index (κ1) is 17.2. The number of carbonyl (C=O) groups excluding carboxylic acids is 1. The molecule has 0 fully saturated rings. The molecule has 3 heteroatoms. The van der Waals surface area contributed by atoms with E-state index >= 15 is 0 Å². The summed E-state index contributed by atoms with van der Waals surface area (Å²) in [6.45, 7) is 4.35. The van der Waals surface area contributed by atoms with E-state index in [4.69, 9.17) is 0 Å². The predicted octanol–water partition coefficient (Wildman–Crippen LogP) is 4.87. The van der Waals surface area contributed by atoms with Crippen LogP contribution in [0.5, 0.6) is 0 Å². The van der Waals surface area contributed by atoms with Crippen molar-refractivity contribution in [1.82, 2.24) is 9.97 Å².